The van der Waals surface area contributed by atoms with E-state index >= 15 is 26.3 Å². The normalized spacial score (nSPS) is 13.4. The van der Waals surface area contributed by atoms with E-state index in [1.54, 1.807) is 12.2 Å². The van der Waals surface area contributed by atoms with E-state index in [0.717, 1.165) is 58.8 Å². The van der Waals surface area contributed by atoms with Gasteiger partial charge >= 0.3 is 5.92 Å². The number of hydrogen-bond acceptors (Lipinski definition) is 3. The van der Waals surface area contributed by atoms with Crippen LogP contribution in [0.15, 0.2) is 72.8 Å². The van der Waals surface area contributed by atoms with Gasteiger partial charge in [-0.15, -0.1) is 6.58 Å². The molecule has 0 spiro atoms. The number of anilines is 1. The van der Waals surface area contributed by atoms with Crippen LogP contribution in [0.2, 0.25) is 0 Å². The summed E-state index contributed by atoms with van der Waals surface area (Å²) in [6.45, 7) is 29.0. The summed E-state index contributed by atoms with van der Waals surface area (Å²) < 4.78 is 125. The summed E-state index contributed by atoms with van der Waals surface area (Å²) in [5.41, 5.74) is 0.507. The Morgan fingerprint density at radius 1 is 0.828 bits per heavy atom. The summed E-state index contributed by atoms with van der Waals surface area (Å²) in [7, 11) is 0. The Labute approximate surface area is 343 Å². The highest BCUT2D eigenvalue weighted by Gasteiger charge is 2.49. The lowest BCUT2D eigenvalue weighted by atomic mass is 9.84. The van der Waals surface area contributed by atoms with E-state index in [4.69, 9.17) is 0 Å². The highest BCUT2D eigenvalue weighted by molar-refractivity contribution is 7.97. The van der Waals surface area contributed by atoms with Crippen LogP contribution in [-0.2, 0) is 30.8 Å². The number of benzene rings is 4. The van der Waals surface area contributed by atoms with Crippen LogP contribution in [0.3, 0.4) is 0 Å². The van der Waals surface area contributed by atoms with Gasteiger partial charge in [0.2, 0.25) is 0 Å². The molecular weight excluding hydrogens is 777 g/mol. The van der Waals surface area contributed by atoms with Crippen LogP contribution in [0.1, 0.15) is 111 Å². The molecule has 11 heteroatoms. The average Bonchev–Trinajstić information content (AvgIpc) is 3.16. The molecule has 2 nitrogen and oxygen atoms in total. The molecule has 1 aliphatic rings. The zero-order chi connectivity index (χ0) is 44.0. The monoisotopic (exact) mass is 830 g/mol. The Balaban J connectivity index is 0.00000172. The van der Waals surface area contributed by atoms with Gasteiger partial charge in [-0.25, -0.2) is 30.6 Å². The lowest BCUT2D eigenvalue weighted by molar-refractivity contribution is 0.0306. The lowest BCUT2D eigenvalue weighted by Gasteiger charge is -2.35. The zero-order valence-corrected chi connectivity index (χ0v) is 35.9. The van der Waals surface area contributed by atoms with Gasteiger partial charge in [0, 0.05) is 42.1 Å². The summed E-state index contributed by atoms with van der Waals surface area (Å²) >= 11 is 0.345. The molecule has 0 aliphatic carbocycles. The third-order valence-corrected chi connectivity index (χ3v) is 10.7. The SMILES string of the molecule is C=CC.C=Cc1cc(C)ccc1N(Cc1cc(CCC)cc(C(C)(C)C)c1)C(=C)CN1Cc2c(F)c(F)c(F)c(F)c2C(F)(F)c2c(C)c(C)c(F)c(F)c2S1.CC. The first kappa shape index (κ1) is 48.0. The first-order valence-corrected chi connectivity index (χ1v) is 19.9. The molecule has 0 atom stereocenters. The van der Waals surface area contributed by atoms with Gasteiger partial charge in [0.05, 0.1) is 10.5 Å². The molecule has 0 saturated carbocycles. The summed E-state index contributed by atoms with van der Waals surface area (Å²) in [5, 5.41) is 0. The van der Waals surface area contributed by atoms with E-state index < -0.39 is 80.1 Å². The molecule has 0 amide bonds. The fourth-order valence-corrected chi connectivity index (χ4v) is 7.91. The third kappa shape index (κ3) is 9.91. The fraction of sp³-hybridized carbons (Fsp3) is 0.362. The predicted molar refractivity (Wildman–Crippen MR) is 224 cm³/mol. The molecule has 0 bridgehead atoms. The number of aryl methyl sites for hydroxylation is 2. The minimum Gasteiger partial charge on any atom is -0.339 e. The Morgan fingerprint density at radius 3 is 1.98 bits per heavy atom. The van der Waals surface area contributed by atoms with E-state index in [-0.39, 0.29) is 18.5 Å². The second-order valence-electron chi connectivity index (χ2n) is 15.0. The minimum absolute atomic E-state index is 0.190. The van der Waals surface area contributed by atoms with Crippen LogP contribution >= 0.6 is 11.9 Å². The van der Waals surface area contributed by atoms with Crippen molar-refractivity contribution in [3.63, 3.8) is 0 Å². The number of alkyl halides is 2. The highest BCUT2D eigenvalue weighted by Crippen LogP contribution is 2.51. The molecule has 0 unspecified atom stereocenters. The first-order chi connectivity index (χ1) is 27.1. The summed E-state index contributed by atoms with van der Waals surface area (Å²) in [6, 6.07) is 12.0. The zero-order valence-electron chi connectivity index (χ0n) is 35.1. The van der Waals surface area contributed by atoms with Crippen LogP contribution in [0.25, 0.3) is 6.08 Å². The molecule has 314 valence electrons. The largest absolute Gasteiger partial charge is 0.339 e. The molecule has 5 rings (SSSR count). The quantitative estimate of drug-likeness (QED) is 0.0545. The summed E-state index contributed by atoms with van der Waals surface area (Å²) in [4.78, 5) is 0.956. The van der Waals surface area contributed by atoms with Crippen molar-refractivity contribution in [3.8, 4) is 0 Å². The van der Waals surface area contributed by atoms with Gasteiger partial charge in [-0.05, 0) is 97.0 Å². The number of allylic oxidation sites excluding steroid dienone is 1. The molecular formula is C47H54F8N2S. The van der Waals surface area contributed by atoms with Gasteiger partial charge in [0.25, 0.3) is 0 Å². The molecule has 58 heavy (non-hydrogen) atoms. The van der Waals surface area contributed by atoms with Gasteiger partial charge in [0.15, 0.2) is 34.9 Å². The van der Waals surface area contributed by atoms with Crippen LogP contribution in [0, 0.1) is 55.7 Å². The van der Waals surface area contributed by atoms with Crippen molar-refractivity contribution in [1.29, 1.82) is 0 Å². The number of nitrogens with zero attached hydrogens (tertiary/aromatic N) is 2. The van der Waals surface area contributed by atoms with Crippen molar-refractivity contribution in [3.05, 3.63) is 158 Å². The Morgan fingerprint density at radius 2 is 1.41 bits per heavy atom. The Bertz CT molecular complexity index is 2090. The van der Waals surface area contributed by atoms with Crippen LogP contribution in [0.5, 0.6) is 0 Å². The van der Waals surface area contributed by atoms with Gasteiger partial charge in [-0.2, -0.15) is 8.78 Å². The van der Waals surface area contributed by atoms with Crippen molar-refractivity contribution in [2.75, 3.05) is 11.4 Å². The summed E-state index contributed by atoms with van der Waals surface area (Å²) in [6.07, 6.45) is 5.15. The van der Waals surface area contributed by atoms with E-state index in [9.17, 15) is 8.78 Å². The van der Waals surface area contributed by atoms with Gasteiger partial charge in [-0.1, -0.05) is 103 Å². The molecule has 0 fully saturated rings. The standard InChI is InChI=1S/C42H42F8N2S.C3H6.C2H6/c1-10-12-26-16-27(18-29(17-26)41(7,8)9)20-52(31-14-13-22(3)15-28(31)11-2)23(4)19-51-21-30-33(36(45)38(47)37(46)35(30)44)42(49,50)32-24(5)25(6)34(43)39(48)40(32)53-51;1-3-2;1-2/h11,13-18H,2,4,10,12,19-21H2,1,3,5-9H3;3H,1H2,2H3;1-2H3. The predicted octanol–water partition coefficient (Wildman–Crippen LogP) is 14.7. The number of hydrogen-bond donors (Lipinski definition) is 0. The van der Waals surface area contributed by atoms with Crippen LogP contribution in [-0.4, -0.2) is 10.8 Å². The Kier molecular flexibility index (Phi) is 16.2. The molecule has 0 N–H and O–H groups in total. The van der Waals surface area contributed by atoms with Crippen molar-refractivity contribution in [1.82, 2.24) is 4.31 Å². The third-order valence-electron chi connectivity index (χ3n) is 9.67. The first-order valence-electron chi connectivity index (χ1n) is 19.2. The summed E-state index contributed by atoms with van der Waals surface area (Å²) in [5.74, 6) is -16.7. The number of rotatable bonds is 9. The van der Waals surface area contributed by atoms with Crippen molar-refractivity contribution >= 4 is 23.7 Å². The van der Waals surface area contributed by atoms with Crippen LogP contribution in [0.4, 0.5) is 40.8 Å². The average molecular weight is 831 g/mol. The second kappa shape index (κ2) is 19.6. The topological polar surface area (TPSA) is 6.48 Å². The smallest absolute Gasteiger partial charge is 0.303 e. The molecule has 0 aromatic heterocycles. The van der Waals surface area contributed by atoms with Gasteiger partial charge in [0.1, 0.15) is 0 Å². The number of fused-ring (bicyclic) bond motifs is 2. The Hall–Kier alpha value is -4.35. The van der Waals surface area contributed by atoms with Crippen molar-refractivity contribution < 1.29 is 35.1 Å². The van der Waals surface area contributed by atoms with Crippen molar-refractivity contribution in [2.24, 2.45) is 0 Å². The van der Waals surface area contributed by atoms with Crippen molar-refractivity contribution in [2.45, 2.75) is 111 Å². The maximum Gasteiger partial charge on any atom is 0.303 e. The fourth-order valence-electron chi connectivity index (χ4n) is 6.71. The molecule has 4 aromatic carbocycles. The van der Waals surface area contributed by atoms with E-state index in [2.05, 4.69) is 65.6 Å². The molecule has 1 aliphatic heterocycles. The van der Waals surface area contributed by atoms with E-state index in [1.807, 2.05) is 50.8 Å². The highest BCUT2D eigenvalue weighted by atomic mass is 32.2. The molecule has 0 radical (unpaired) electrons. The second-order valence-corrected chi connectivity index (χ2v) is 16.1. The van der Waals surface area contributed by atoms with Gasteiger partial charge in [-0.3, -0.25) is 0 Å². The minimum atomic E-state index is -4.58. The van der Waals surface area contributed by atoms with E-state index in [0.29, 0.717) is 23.3 Å². The van der Waals surface area contributed by atoms with Gasteiger partial charge < -0.3 is 4.90 Å². The molecule has 1 heterocycles. The van der Waals surface area contributed by atoms with E-state index in [1.165, 1.54) is 0 Å². The molecule has 4 aromatic rings. The maximum atomic E-state index is 16.4. The lowest BCUT2D eigenvalue weighted by Crippen LogP contribution is -2.34. The number of halogens is 8. The molecule has 0 saturated heterocycles. The maximum absolute atomic E-state index is 16.4. The van der Waals surface area contributed by atoms with Crippen LogP contribution < -0.4 is 4.90 Å².